The number of para-hydroxylation sites is 1. The lowest BCUT2D eigenvalue weighted by molar-refractivity contribution is -0.141. The quantitative estimate of drug-likeness (QED) is 0.825. The fourth-order valence-corrected chi connectivity index (χ4v) is 3.96. The van der Waals surface area contributed by atoms with Gasteiger partial charge in [-0.25, -0.2) is 0 Å². The molecule has 1 aromatic carbocycles. The number of nitrogens with one attached hydrogen (secondary N) is 1. The smallest absolute Gasteiger partial charge is 0.238 e. The van der Waals surface area contributed by atoms with Gasteiger partial charge in [0.1, 0.15) is 0 Å². The fourth-order valence-electron chi connectivity index (χ4n) is 3.78. The summed E-state index contributed by atoms with van der Waals surface area (Å²) in [5.41, 5.74) is 0.611. The number of nitrogens with zero attached hydrogens (tertiary/aromatic N) is 3. The average molecular weight is 407 g/mol. The monoisotopic (exact) mass is 406 g/mol. The van der Waals surface area contributed by atoms with Crippen LogP contribution in [0.5, 0.6) is 0 Å². The zero-order valence-electron chi connectivity index (χ0n) is 16.2. The summed E-state index contributed by atoms with van der Waals surface area (Å²) in [4.78, 5) is 42.2. The standard InChI is InChI=1S/C20H27ClN4O3/c1-15(26)24-8-6-16(7-9-24)20(28)25-12-10-23(11-13-25)14-19(27)22-18-5-3-2-4-17(18)21/h2-5,16H,6-14H2,1H3,(H,22,27). The van der Waals surface area contributed by atoms with Crippen LogP contribution in [0.4, 0.5) is 5.69 Å². The van der Waals surface area contributed by atoms with Crippen LogP contribution < -0.4 is 5.32 Å². The number of piperidine rings is 1. The normalized spacial score (nSPS) is 18.8. The SMILES string of the molecule is CC(=O)N1CCC(C(=O)N2CCN(CC(=O)Nc3ccccc3Cl)CC2)CC1. The van der Waals surface area contributed by atoms with E-state index in [4.69, 9.17) is 11.6 Å². The van der Waals surface area contributed by atoms with Crippen LogP contribution in [0, 0.1) is 5.92 Å². The Morgan fingerprint density at radius 1 is 1.00 bits per heavy atom. The van der Waals surface area contributed by atoms with Gasteiger partial charge in [0, 0.05) is 52.1 Å². The molecule has 0 spiro atoms. The van der Waals surface area contributed by atoms with Crippen LogP contribution in [0.25, 0.3) is 0 Å². The van der Waals surface area contributed by atoms with Gasteiger partial charge < -0.3 is 15.1 Å². The van der Waals surface area contributed by atoms with Crippen molar-refractivity contribution in [3.63, 3.8) is 0 Å². The summed E-state index contributed by atoms with van der Waals surface area (Å²) in [6.45, 7) is 5.79. The highest BCUT2D eigenvalue weighted by molar-refractivity contribution is 6.33. The van der Waals surface area contributed by atoms with Crippen molar-refractivity contribution in [2.24, 2.45) is 5.92 Å². The lowest BCUT2D eigenvalue weighted by Gasteiger charge is -2.38. The Kier molecular flexibility index (Phi) is 6.91. The molecule has 1 N–H and O–H groups in total. The molecular weight excluding hydrogens is 380 g/mol. The minimum absolute atomic E-state index is 0.00525. The van der Waals surface area contributed by atoms with Crippen LogP contribution in [0.2, 0.25) is 5.02 Å². The predicted octanol–water partition coefficient (Wildman–Crippen LogP) is 1.68. The number of piperazine rings is 1. The number of rotatable bonds is 4. The first-order valence-corrected chi connectivity index (χ1v) is 10.1. The highest BCUT2D eigenvalue weighted by Crippen LogP contribution is 2.22. The van der Waals surface area contributed by atoms with Crippen LogP contribution in [0.15, 0.2) is 24.3 Å². The van der Waals surface area contributed by atoms with Gasteiger partial charge in [-0.15, -0.1) is 0 Å². The van der Waals surface area contributed by atoms with Crippen LogP contribution in [-0.4, -0.2) is 78.2 Å². The van der Waals surface area contributed by atoms with Gasteiger partial charge in [-0.2, -0.15) is 0 Å². The van der Waals surface area contributed by atoms with Crippen molar-refractivity contribution in [2.75, 3.05) is 51.1 Å². The number of hydrogen-bond acceptors (Lipinski definition) is 4. The first-order chi connectivity index (χ1) is 13.4. The molecule has 3 amide bonds. The average Bonchev–Trinajstić information content (AvgIpc) is 2.70. The predicted molar refractivity (Wildman–Crippen MR) is 108 cm³/mol. The second-order valence-electron chi connectivity index (χ2n) is 7.41. The number of carbonyl (C=O) groups is 3. The molecule has 0 aromatic heterocycles. The number of anilines is 1. The van der Waals surface area contributed by atoms with Gasteiger partial charge in [-0.1, -0.05) is 23.7 Å². The molecule has 0 saturated carbocycles. The molecular formula is C20H27ClN4O3. The Balaban J connectivity index is 1.42. The van der Waals surface area contributed by atoms with Gasteiger partial charge in [-0.05, 0) is 25.0 Å². The minimum atomic E-state index is -0.107. The van der Waals surface area contributed by atoms with E-state index in [9.17, 15) is 14.4 Å². The number of hydrogen-bond donors (Lipinski definition) is 1. The molecule has 0 aliphatic carbocycles. The summed E-state index contributed by atoms with van der Waals surface area (Å²) in [5, 5.41) is 3.35. The Morgan fingerprint density at radius 2 is 1.64 bits per heavy atom. The largest absolute Gasteiger partial charge is 0.343 e. The van der Waals surface area contributed by atoms with Crippen molar-refractivity contribution < 1.29 is 14.4 Å². The van der Waals surface area contributed by atoms with Crippen LogP contribution in [0.1, 0.15) is 19.8 Å². The van der Waals surface area contributed by atoms with E-state index in [0.29, 0.717) is 50.0 Å². The molecule has 0 atom stereocenters. The second-order valence-corrected chi connectivity index (χ2v) is 7.82. The molecule has 3 rings (SSSR count). The zero-order valence-corrected chi connectivity index (χ0v) is 17.0. The van der Waals surface area contributed by atoms with Crippen LogP contribution in [0.3, 0.4) is 0 Å². The molecule has 2 saturated heterocycles. The van der Waals surface area contributed by atoms with Crippen molar-refractivity contribution in [3.05, 3.63) is 29.3 Å². The van der Waals surface area contributed by atoms with E-state index >= 15 is 0 Å². The summed E-state index contributed by atoms with van der Waals surface area (Å²) in [5.74, 6) is 0.160. The highest BCUT2D eigenvalue weighted by Gasteiger charge is 2.31. The summed E-state index contributed by atoms with van der Waals surface area (Å²) in [6.07, 6.45) is 1.47. The maximum absolute atomic E-state index is 12.7. The number of likely N-dealkylation sites (tertiary alicyclic amines) is 1. The molecule has 1 aromatic rings. The Hall–Kier alpha value is -2.12. The van der Waals surface area contributed by atoms with Gasteiger partial charge in [0.15, 0.2) is 0 Å². The molecule has 28 heavy (non-hydrogen) atoms. The number of carbonyl (C=O) groups excluding carboxylic acids is 3. The summed E-state index contributed by atoms with van der Waals surface area (Å²) >= 11 is 6.07. The zero-order chi connectivity index (χ0) is 20.1. The Labute approximate surface area is 170 Å². The number of amides is 3. The van der Waals surface area contributed by atoms with Gasteiger partial charge in [-0.3, -0.25) is 19.3 Å². The molecule has 152 valence electrons. The van der Waals surface area contributed by atoms with E-state index in [-0.39, 0.29) is 30.2 Å². The molecule has 2 aliphatic heterocycles. The van der Waals surface area contributed by atoms with E-state index in [1.165, 1.54) is 0 Å². The molecule has 0 unspecified atom stereocenters. The Morgan fingerprint density at radius 3 is 2.25 bits per heavy atom. The highest BCUT2D eigenvalue weighted by atomic mass is 35.5. The Bertz CT molecular complexity index is 726. The summed E-state index contributed by atoms with van der Waals surface area (Å²) in [7, 11) is 0. The first kappa shape index (κ1) is 20.6. The molecule has 2 aliphatic rings. The third-order valence-electron chi connectivity index (χ3n) is 5.49. The topological polar surface area (TPSA) is 73.0 Å². The molecule has 0 radical (unpaired) electrons. The second kappa shape index (κ2) is 9.39. The van der Waals surface area contributed by atoms with Crippen molar-refractivity contribution in [2.45, 2.75) is 19.8 Å². The lowest BCUT2D eigenvalue weighted by Crippen LogP contribution is -2.53. The van der Waals surface area contributed by atoms with E-state index in [0.717, 1.165) is 12.8 Å². The third-order valence-corrected chi connectivity index (χ3v) is 5.82. The van der Waals surface area contributed by atoms with Crippen LogP contribution in [-0.2, 0) is 14.4 Å². The van der Waals surface area contributed by atoms with Crippen molar-refractivity contribution in [1.29, 1.82) is 0 Å². The molecule has 0 bridgehead atoms. The molecule has 2 fully saturated rings. The maximum atomic E-state index is 12.7. The van der Waals surface area contributed by atoms with Crippen LogP contribution >= 0.6 is 11.6 Å². The molecule has 8 heteroatoms. The minimum Gasteiger partial charge on any atom is -0.343 e. The fraction of sp³-hybridized carbons (Fsp3) is 0.550. The summed E-state index contributed by atoms with van der Waals surface area (Å²) < 4.78 is 0. The first-order valence-electron chi connectivity index (χ1n) is 9.75. The third kappa shape index (κ3) is 5.23. The van der Waals surface area contributed by atoms with Gasteiger partial charge in [0.05, 0.1) is 17.3 Å². The van der Waals surface area contributed by atoms with Gasteiger partial charge in [0.2, 0.25) is 17.7 Å². The molecule has 2 heterocycles. The molecule has 7 nitrogen and oxygen atoms in total. The summed E-state index contributed by atoms with van der Waals surface area (Å²) in [6, 6.07) is 7.15. The number of benzene rings is 1. The van der Waals surface area contributed by atoms with Crippen molar-refractivity contribution in [3.8, 4) is 0 Å². The van der Waals surface area contributed by atoms with Gasteiger partial charge in [0.25, 0.3) is 0 Å². The van der Waals surface area contributed by atoms with E-state index in [1.807, 2.05) is 21.9 Å². The van der Waals surface area contributed by atoms with Crippen molar-refractivity contribution >= 4 is 35.0 Å². The number of halogens is 1. The maximum Gasteiger partial charge on any atom is 0.238 e. The van der Waals surface area contributed by atoms with Gasteiger partial charge >= 0.3 is 0 Å². The lowest BCUT2D eigenvalue weighted by atomic mass is 9.95. The van der Waals surface area contributed by atoms with Crippen molar-refractivity contribution in [1.82, 2.24) is 14.7 Å². The van der Waals surface area contributed by atoms with E-state index in [2.05, 4.69) is 5.32 Å². The van der Waals surface area contributed by atoms with E-state index in [1.54, 1.807) is 24.0 Å². The van der Waals surface area contributed by atoms with E-state index < -0.39 is 0 Å².